The van der Waals surface area contributed by atoms with Crippen molar-refractivity contribution >= 4 is 21.9 Å². The molecule has 1 heterocycles. The third-order valence-corrected chi connectivity index (χ3v) is 5.85. The minimum atomic E-state index is -3.54. The van der Waals surface area contributed by atoms with E-state index in [1.165, 1.54) is 11.2 Å². The average Bonchev–Trinajstić information content (AvgIpc) is 2.55. The summed E-state index contributed by atoms with van der Waals surface area (Å²) < 4.78 is 26.3. The number of nitrogens with one attached hydrogen (secondary N) is 1. The Morgan fingerprint density at radius 3 is 2.30 bits per heavy atom. The molecule has 1 saturated heterocycles. The highest BCUT2D eigenvalue weighted by Gasteiger charge is 2.32. The number of amides is 1. The molecule has 0 aromatic heterocycles. The van der Waals surface area contributed by atoms with Gasteiger partial charge in [0.05, 0.1) is 4.90 Å². The maximum atomic E-state index is 12.5. The summed E-state index contributed by atoms with van der Waals surface area (Å²) in [5.41, 5.74) is 0. The minimum Gasteiger partial charge on any atom is -0.480 e. The van der Waals surface area contributed by atoms with E-state index in [-0.39, 0.29) is 29.8 Å². The van der Waals surface area contributed by atoms with E-state index in [4.69, 9.17) is 5.11 Å². The number of sulfonamides is 1. The predicted octanol–water partition coefficient (Wildman–Crippen LogP) is 0.677. The lowest BCUT2D eigenvalue weighted by Gasteiger charge is -2.30. The van der Waals surface area contributed by atoms with Gasteiger partial charge in [-0.2, -0.15) is 4.31 Å². The van der Waals surface area contributed by atoms with E-state index < -0.39 is 22.0 Å². The number of carbonyl (C=O) groups excluding carboxylic acids is 1. The Hall–Kier alpha value is -1.93. The van der Waals surface area contributed by atoms with Gasteiger partial charge in [-0.1, -0.05) is 18.2 Å². The van der Waals surface area contributed by atoms with Crippen LogP contribution < -0.4 is 5.32 Å². The largest absolute Gasteiger partial charge is 0.480 e. The van der Waals surface area contributed by atoms with Crippen LogP contribution in [0, 0.1) is 5.92 Å². The quantitative estimate of drug-likeness (QED) is 0.820. The van der Waals surface area contributed by atoms with Crippen molar-refractivity contribution in [1.82, 2.24) is 9.62 Å². The first-order chi connectivity index (χ1) is 10.8. The van der Waals surface area contributed by atoms with Crippen molar-refractivity contribution in [2.75, 3.05) is 13.1 Å². The van der Waals surface area contributed by atoms with Crippen LogP contribution in [-0.4, -0.2) is 48.8 Å². The molecule has 1 aliphatic rings. The molecule has 1 aromatic carbocycles. The second-order valence-corrected chi connectivity index (χ2v) is 7.50. The smallest absolute Gasteiger partial charge is 0.325 e. The minimum absolute atomic E-state index is 0.238. The molecule has 8 heteroatoms. The standard InChI is InChI=1S/C15H20N2O5S/c1-11(15(19)20)16-14(18)12-7-9-17(10-8-12)23(21,22)13-5-3-2-4-6-13/h2-6,11-12H,7-10H2,1H3,(H,16,18)(H,19,20). The maximum Gasteiger partial charge on any atom is 0.325 e. The number of aliphatic carboxylic acids is 1. The molecule has 0 spiro atoms. The molecular formula is C15H20N2O5S. The zero-order chi connectivity index (χ0) is 17.0. The number of nitrogens with zero attached hydrogens (tertiary/aromatic N) is 1. The molecule has 1 aliphatic heterocycles. The molecule has 0 aliphatic carbocycles. The van der Waals surface area contributed by atoms with Crippen LogP contribution in [0.15, 0.2) is 35.2 Å². The van der Waals surface area contributed by atoms with Gasteiger partial charge in [0, 0.05) is 19.0 Å². The molecule has 1 amide bonds. The van der Waals surface area contributed by atoms with E-state index >= 15 is 0 Å². The molecule has 0 radical (unpaired) electrons. The van der Waals surface area contributed by atoms with Crippen LogP contribution in [-0.2, 0) is 19.6 Å². The van der Waals surface area contributed by atoms with Crippen LogP contribution in [0.4, 0.5) is 0 Å². The third kappa shape index (κ3) is 4.08. The SMILES string of the molecule is CC(NC(=O)C1CCN(S(=O)(=O)c2ccccc2)CC1)C(=O)O. The number of rotatable bonds is 5. The van der Waals surface area contributed by atoms with Crippen LogP contribution in [0.1, 0.15) is 19.8 Å². The average molecular weight is 340 g/mol. The van der Waals surface area contributed by atoms with Crippen molar-refractivity contribution in [2.24, 2.45) is 5.92 Å². The van der Waals surface area contributed by atoms with Crippen LogP contribution >= 0.6 is 0 Å². The van der Waals surface area contributed by atoms with Crippen LogP contribution in [0.2, 0.25) is 0 Å². The highest BCUT2D eigenvalue weighted by molar-refractivity contribution is 7.89. The number of carboxylic acids is 1. The zero-order valence-electron chi connectivity index (χ0n) is 12.8. The Kier molecular flexibility index (Phi) is 5.38. The summed E-state index contributed by atoms with van der Waals surface area (Å²) in [5.74, 6) is -1.79. The van der Waals surface area contributed by atoms with Crippen LogP contribution in [0.5, 0.6) is 0 Å². The number of benzene rings is 1. The molecule has 2 N–H and O–H groups in total. The summed E-state index contributed by atoms with van der Waals surface area (Å²) in [6.45, 7) is 1.89. The summed E-state index contributed by atoms with van der Waals surface area (Å²) in [5, 5.41) is 11.2. The Bertz CT molecular complexity index is 666. The molecule has 2 rings (SSSR count). The number of carboxylic acid groups (broad SMARTS) is 1. The number of carbonyl (C=O) groups is 2. The summed E-state index contributed by atoms with van der Waals surface area (Å²) in [4.78, 5) is 23.0. The first-order valence-corrected chi connectivity index (χ1v) is 8.84. The van der Waals surface area contributed by atoms with Gasteiger partial charge in [-0.25, -0.2) is 8.42 Å². The van der Waals surface area contributed by atoms with Crippen molar-refractivity contribution in [3.63, 3.8) is 0 Å². The van der Waals surface area contributed by atoms with Gasteiger partial charge in [-0.15, -0.1) is 0 Å². The van der Waals surface area contributed by atoms with Crippen molar-refractivity contribution in [3.8, 4) is 0 Å². The Balaban J connectivity index is 1.96. The topological polar surface area (TPSA) is 104 Å². The third-order valence-electron chi connectivity index (χ3n) is 3.93. The number of hydrogen-bond acceptors (Lipinski definition) is 4. The van der Waals surface area contributed by atoms with E-state index in [1.54, 1.807) is 30.3 Å². The maximum absolute atomic E-state index is 12.5. The molecule has 1 atom stereocenters. The fraction of sp³-hybridized carbons (Fsp3) is 0.467. The van der Waals surface area contributed by atoms with Gasteiger partial charge in [0.2, 0.25) is 15.9 Å². The number of hydrogen-bond donors (Lipinski definition) is 2. The van der Waals surface area contributed by atoms with Gasteiger partial charge >= 0.3 is 5.97 Å². The second kappa shape index (κ2) is 7.10. The lowest BCUT2D eigenvalue weighted by atomic mass is 9.97. The molecule has 0 bridgehead atoms. The van der Waals surface area contributed by atoms with Crippen molar-refractivity contribution in [3.05, 3.63) is 30.3 Å². The van der Waals surface area contributed by atoms with Gasteiger partial charge < -0.3 is 10.4 Å². The Morgan fingerprint density at radius 1 is 1.22 bits per heavy atom. The Morgan fingerprint density at radius 2 is 1.78 bits per heavy atom. The lowest BCUT2D eigenvalue weighted by molar-refractivity contribution is -0.142. The lowest BCUT2D eigenvalue weighted by Crippen LogP contribution is -2.46. The summed E-state index contributed by atoms with van der Waals surface area (Å²) in [6.07, 6.45) is 0.758. The van der Waals surface area contributed by atoms with Crippen LogP contribution in [0.3, 0.4) is 0 Å². The van der Waals surface area contributed by atoms with Crippen molar-refractivity contribution < 1.29 is 23.1 Å². The van der Waals surface area contributed by atoms with Gasteiger partial charge in [-0.05, 0) is 31.9 Å². The van der Waals surface area contributed by atoms with E-state index in [0.717, 1.165) is 0 Å². The highest BCUT2D eigenvalue weighted by atomic mass is 32.2. The first-order valence-electron chi connectivity index (χ1n) is 7.40. The Labute approximate surface area is 135 Å². The summed E-state index contributed by atoms with van der Waals surface area (Å²) in [6, 6.07) is 7.22. The number of piperidine rings is 1. The summed E-state index contributed by atoms with van der Waals surface area (Å²) >= 11 is 0. The van der Waals surface area contributed by atoms with E-state index in [2.05, 4.69) is 5.32 Å². The highest BCUT2D eigenvalue weighted by Crippen LogP contribution is 2.23. The molecular weight excluding hydrogens is 320 g/mol. The molecule has 7 nitrogen and oxygen atoms in total. The monoisotopic (exact) mass is 340 g/mol. The molecule has 0 saturated carbocycles. The molecule has 23 heavy (non-hydrogen) atoms. The van der Waals surface area contributed by atoms with Gasteiger partial charge in [0.1, 0.15) is 6.04 Å². The predicted molar refractivity (Wildman–Crippen MR) is 83.2 cm³/mol. The van der Waals surface area contributed by atoms with Crippen molar-refractivity contribution in [1.29, 1.82) is 0 Å². The van der Waals surface area contributed by atoms with Gasteiger partial charge in [0.25, 0.3) is 0 Å². The normalized spacial score (nSPS) is 18.3. The molecule has 1 aromatic rings. The first kappa shape index (κ1) is 17.4. The molecule has 126 valence electrons. The molecule has 1 unspecified atom stereocenters. The van der Waals surface area contributed by atoms with E-state index in [9.17, 15) is 18.0 Å². The van der Waals surface area contributed by atoms with E-state index in [0.29, 0.717) is 12.8 Å². The fourth-order valence-corrected chi connectivity index (χ4v) is 3.98. The van der Waals surface area contributed by atoms with Gasteiger partial charge in [0.15, 0.2) is 0 Å². The van der Waals surface area contributed by atoms with E-state index in [1.807, 2.05) is 0 Å². The second-order valence-electron chi connectivity index (χ2n) is 5.56. The van der Waals surface area contributed by atoms with Gasteiger partial charge in [-0.3, -0.25) is 9.59 Å². The zero-order valence-corrected chi connectivity index (χ0v) is 13.6. The molecule has 1 fully saturated rings. The fourth-order valence-electron chi connectivity index (χ4n) is 2.49. The summed E-state index contributed by atoms with van der Waals surface area (Å²) in [7, 11) is -3.54. The van der Waals surface area contributed by atoms with Crippen LogP contribution in [0.25, 0.3) is 0 Å². The van der Waals surface area contributed by atoms with Crippen molar-refractivity contribution in [2.45, 2.75) is 30.7 Å².